The second kappa shape index (κ2) is 5.86. The number of aliphatic hydroxyl groups is 1. The van der Waals surface area contributed by atoms with E-state index in [1.807, 2.05) is 25.1 Å². The predicted molar refractivity (Wildman–Crippen MR) is 93.1 cm³/mol. The average Bonchev–Trinajstić information content (AvgIpc) is 3.19. The molecule has 138 valence electrons. The third-order valence-electron chi connectivity index (χ3n) is 5.90. The summed E-state index contributed by atoms with van der Waals surface area (Å²) in [5, 5.41) is 11.2. The maximum absolute atomic E-state index is 12.5. The standard InChI is InChI=1S/C20H22O6/c1-4-7-19-8-5-6-16(21)20(19,22)26-17(12(19)2)13-9-14(23-3)18-15(10-13)24-11-25-18/h4-6,9-10,12,17,22H,1,7-8,11H2,2-3H3/t12-,17-,19+,20-/m1/s1. The molecule has 0 aromatic heterocycles. The summed E-state index contributed by atoms with van der Waals surface area (Å²) in [6.07, 6.45) is 5.46. The van der Waals surface area contributed by atoms with E-state index in [1.165, 1.54) is 6.08 Å². The van der Waals surface area contributed by atoms with Crippen LogP contribution in [-0.4, -0.2) is 30.6 Å². The lowest BCUT2D eigenvalue weighted by Crippen LogP contribution is -2.54. The molecule has 1 N–H and O–H groups in total. The number of carbonyl (C=O) groups excluding carboxylic acids is 1. The molecule has 4 rings (SSSR count). The number of benzene rings is 1. The number of ether oxygens (including phenoxy) is 4. The molecule has 1 saturated heterocycles. The molecule has 1 aromatic rings. The van der Waals surface area contributed by atoms with Gasteiger partial charge in [-0.25, -0.2) is 0 Å². The van der Waals surface area contributed by atoms with E-state index in [9.17, 15) is 9.90 Å². The van der Waals surface area contributed by atoms with Crippen LogP contribution in [0.4, 0.5) is 0 Å². The number of hydrogen-bond donors (Lipinski definition) is 1. The molecule has 0 spiro atoms. The second-order valence-corrected chi connectivity index (χ2v) is 7.05. The van der Waals surface area contributed by atoms with Crippen molar-refractivity contribution in [1.29, 1.82) is 0 Å². The number of methoxy groups -OCH3 is 1. The first kappa shape index (κ1) is 17.1. The van der Waals surface area contributed by atoms with Gasteiger partial charge in [0.25, 0.3) is 0 Å². The Hall–Kier alpha value is -2.31. The molecule has 0 bridgehead atoms. The fraction of sp³-hybridized carbons (Fsp3) is 0.450. The van der Waals surface area contributed by atoms with Crippen LogP contribution >= 0.6 is 0 Å². The van der Waals surface area contributed by atoms with Gasteiger partial charge in [0.05, 0.1) is 13.2 Å². The minimum absolute atomic E-state index is 0.128. The summed E-state index contributed by atoms with van der Waals surface area (Å²) in [7, 11) is 1.56. The number of rotatable bonds is 4. The predicted octanol–water partition coefficient (Wildman–Crippen LogP) is 2.91. The van der Waals surface area contributed by atoms with Gasteiger partial charge in [-0.1, -0.05) is 19.1 Å². The Bertz CT molecular complexity index is 800. The van der Waals surface area contributed by atoms with Crippen LogP contribution < -0.4 is 14.2 Å². The van der Waals surface area contributed by atoms with E-state index in [1.54, 1.807) is 13.2 Å². The quantitative estimate of drug-likeness (QED) is 0.834. The Kier molecular flexibility index (Phi) is 3.86. The van der Waals surface area contributed by atoms with Crippen molar-refractivity contribution >= 4 is 5.78 Å². The zero-order chi connectivity index (χ0) is 18.5. The molecule has 1 fully saturated rings. The molecule has 1 aliphatic carbocycles. The highest BCUT2D eigenvalue weighted by Crippen LogP contribution is 2.61. The van der Waals surface area contributed by atoms with Crippen molar-refractivity contribution in [2.45, 2.75) is 31.7 Å². The maximum Gasteiger partial charge on any atom is 0.237 e. The van der Waals surface area contributed by atoms with Crippen molar-refractivity contribution in [2.24, 2.45) is 11.3 Å². The van der Waals surface area contributed by atoms with Crippen LogP contribution in [0.2, 0.25) is 0 Å². The molecule has 6 heteroatoms. The minimum Gasteiger partial charge on any atom is -0.493 e. The summed E-state index contributed by atoms with van der Waals surface area (Å²) in [5.74, 6) is -0.772. The van der Waals surface area contributed by atoms with Crippen molar-refractivity contribution < 1.29 is 28.8 Å². The lowest BCUT2D eigenvalue weighted by Gasteiger charge is -2.42. The maximum atomic E-state index is 12.5. The summed E-state index contributed by atoms with van der Waals surface area (Å²) in [5.41, 5.74) is 0.0205. The fourth-order valence-corrected chi connectivity index (χ4v) is 4.45. The minimum atomic E-state index is -1.87. The molecular formula is C20H22O6. The van der Waals surface area contributed by atoms with Gasteiger partial charge < -0.3 is 24.1 Å². The Morgan fingerprint density at radius 2 is 2.23 bits per heavy atom. The van der Waals surface area contributed by atoms with E-state index < -0.39 is 23.1 Å². The normalized spacial score (nSPS) is 34.7. The van der Waals surface area contributed by atoms with Gasteiger partial charge in [-0.05, 0) is 42.5 Å². The summed E-state index contributed by atoms with van der Waals surface area (Å²) in [6.45, 7) is 5.94. The van der Waals surface area contributed by atoms with E-state index in [0.717, 1.165) is 5.56 Å². The monoisotopic (exact) mass is 358 g/mol. The van der Waals surface area contributed by atoms with E-state index in [2.05, 4.69) is 6.58 Å². The third kappa shape index (κ3) is 2.09. The highest BCUT2D eigenvalue weighted by molar-refractivity contribution is 5.97. The first-order valence-electron chi connectivity index (χ1n) is 8.66. The zero-order valence-electron chi connectivity index (χ0n) is 14.9. The van der Waals surface area contributed by atoms with Gasteiger partial charge in [-0.15, -0.1) is 6.58 Å². The van der Waals surface area contributed by atoms with E-state index in [0.29, 0.717) is 30.1 Å². The molecule has 0 amide bonds. The number of allylic oxidation sites excluding steroid dienone is 2. The van der Waals surface area contributed by atoms with Crippen molar-refractivity contribution in [3.8, 4) is 17.2 Å². The summed E-state index contributed by atoms with van der Waals surface area (Å²) >= 11 is 0. The lowest BCUT2D eigenvalue weighted by atomic mass is 9.62. The SMILES string of the molecule is C=CC[C@@]12CC=CC(=O)[C@@]1(O)O[C@@H](c1cc(OC)c3c(c1)OCO3)[C@H]2C. The molecule has 1 aromatic carbocycles. The van der Waals surface area contributed by atoms with Gasteiger partial charge in [-0.3, -0.25) is 4.79 Å². The van der Waals surface area contributed by atoms with Crippen LogP contribution in [0.3, 0.4) is 0 Å². The van der Waals surface area contributed by atoms with Gasteiger partial charge in [0.15, 0.2) is 11.5 Å². The summed E-state index contributed by atoms with van der Waals surface area (Å²) in [6, 6.07) is 3.64. The number of ketones is 1. The molecule has 2 aliphatic heterocycles. The topological polar surface area (TPSA) is 74.2 Å². The number of fused-ring (bicyclic) bond motifs is 2. The summed E-state index contributed by atoms with van der Waals surface area (Å²) in [4.78, 5) is 12.5. The van der Waals surface area contributed by atoms with Crippen LogP contribution in [0.1, 0.15) is 31.4 Å². The Morgan fingerprint density at radius 3 is 2.96 bits per heavy atom. The zero-order valence-corrected chi connectivity index (χ0v) is 14.9. The van der Waals surface area contributed by atoms with Gasteiger partial charge in [0, 0.05) is 5.41 Å². The summed E-state index contributed by atoms with van der Waals surface area (Å²) < 4.78 is 22.4. The van der Waals surface area contributed by atoms with Gasteiger partial charge >= 0.3 is 0 Å². The molecule has 0 radical (unpaired) electrons. The van der Waals surface area contributed by atoms with Crippen molar-refractivity contribution in [3.63, 3.8) is 0 Å². The molecule has 0 unspecified atom stereocenters. The van der Waals surface area contributed by atoms with Gasteiger partial charge in [0.1, 0.15) is 0 Å². The molecule has 0 saturated carbocycles. The van der Waals surface area contributed by atoms with Crippen molar-refractivity contribution in [1.82, 2.24) is 0 Å². The second-order valence-electron chi connectivity index (χ2n) is 7.05. The molecule has 4 atom stereocenters. The Morgan fingerprint density at radius 1 is 1.42 bits per heavy atom. The molecular weight excluding hydrogens is 336 g/mol. The highest BCUT2D eigenvalue weighted by atomic mass is 16.7. The van der Waals surface area contributed by atoms with Gasteiger partial charge in [0.2, 0.25) is 24.1 Å². The first-order valence-corrected chi connectivity index (χ1v) is 8.66. The molecule has 2 heterocycles. The van der Waals surface area contributed by atoms with Gasteiger partial charge in [-0.2, -0.15) is 0 Å². The smallest absolute Gasteiger partial charge is 0.237 e. The largest absolute Gasteiger partial charge is 0.493 e. The Labute approximate surface area is 152 Å². The van der Waals surface area contributed by atoms with E-state index in [-0.39, 0.29) is 12.7 Å². The van der Waals surface area contributed by atoms with Crippen molar-refractivity contribution in [2.75, 3.05) is 13.9 Å². The molecule has 3 aliphatic rings. The number of carbonyl (C=O) groups is 1. The number of hydrogen-bond acceptors (Lipinski definition) is 6. The van der Waals surface area contributed by atoms with Crippen LogP contribution in [-0.2, 0) is 9.53 Å². The van der Waals surface area contributed by atoms with Crippen LogP contribution in [0, 0.1) is 11.3 Å². The van der Waals surface area contributed by atoms with E-state index in [4.69, 9.17) is 18.9 Å². The average molecular weight is 358 g/mol. The van der Waals surface area contributed by atoms with Crippen LogP contribution in [0.25, 0.3) is 0 Å². The fourth-order valence-electron chi connectivity index (χ4n) is 4.45. The Balaban J connectivity index is 1.80. The first-order chi connectivity index (χ1) is 12.5. The third-order valence-corrected chi connectivity index (χ3v) is 5.90. The highest BCUT2D eigenvalue weighted by Gasteiger charge is 2.66. The lowest BCUT2D eigenvalue weighted by molar-refractivity contribution is -0.229. The van der Waals surface area contributed by atoms with E-state index >= 15 is 0 Å². The van der Waals surface area contributed by atoms with Crippen molar-refractivity contribution in [3.05, 3.63) is 42.5 Å². The van der Waals surface area contributed by atoms with Crippen LogP contribution in [0.5, 0.6) is 17.2 Å². The molecule has 26 heavy (non-hydrogen) atoms. The van der Waals surface area contributed by atoms with Crippen LogP contribution in [0.15, 0.2) is 36.9 Å². The molecule has 6 nitrogen and oxygen atoms in total.